The molecule has 0 amide bonds. The Balaban J connectivity index is 1.61. The van der Waals surface area contributed by atoms with Gasteiger partial charge in [0.05, 0.1) is 13.2 Å². The molecule has 0 atom stereocenters. The van der Waals surface area contributed by atoms with Crippen molar-refractivity contribution in [1.82, 2.24) is 14.9 Å². The van der Waals surface area contributed by atoms with Crippen LogP contribution in [0.3, 0.4) is 0 Å². The minimum atomic E-state index is -0.227. The Morgan fingerprint density at radius 3 is 2.42 bits per heavy atom. The van der Waals surface area contributed by atoms with Gasteiger partial charge in [-0.1, -0.05) is 36.0 Å². The Kier molecular flexibility index (Phi) is 6.12. The molecule has 0 aliphatic carbocycles. The smallest absolute Gasteiger partial charge is 0.210 e. The number of ether oxygens (including phenoxy) is 1. The Morgan fingerprint density at radius 2 is 1.73 bits per heavy atom. The summed E-state index contributed by atoms with van der Waals surface area (Å²) in [6, 6.07) is 14.5. The molecule has 26 heavy (non-hydrogen) atoms. The topological polar surface area (TPSA) is 52.0 Å². The lowest BCUT2D eigenvalue weighted by atomic mass is 10.2. The molecule has 1 N–H and O–H groups in total. The molecule has 0 aliphatic heterocycles. The zero-order valence-corrected chi connectivity index (χ0v) is 15.6. The summed E-state index contributed by atoms with van der Waals surface area (Å²) in [7, 11) is 0. The average Bonchev–Trinajstić information content (AvgIpc) is 3.01. The lowest BCUT2D eigenvalue weighted by Crippen LogP contribution is -2.17. The first-order valence-corrected chi connectivity index (χ1v) is 9.39. The van der Waals surface area contributed by atoms with Crippen LogP contribution in [0, 0.1) is 12.7 Å². The lowest BCUT2D eigenvalue weighted by Gasteiger charge is -2.12. The molecule has 0 spiro atoms. The van der Waals surface area contributed by atoms with E-state index in [0.717, 1.165) is 27.9 Å². The number of halogens is 1. The summed E-state index contributed by atoms with van der Waals surface area (Å²) in [5.74, 6) is 2.13. The molecule has 3 rings (SSSR count). The van der Waals surface area contributed by atoms with Crippen LogP contribution in [0.5, 0.6) is 5.75 Å². The molecule has 0 saturated heterocycles. The fraction of sp³-hybridized carbons (Fsp3) is 0.263. The molecule has 3 aromatic rings. The molecule has 7 heteroatoms. The van der Waals surface area contributed by atoms with E-state index >= 15 is 0 Å². The van der Waals surface area contributed by atoms with E-state index in [1.807, 2.05) is 42.8 Å². The van der Waals surface area contributed by atoms with E-state index < -0.39 is 0 Å². The van der Waals surface area contributed by atoms with E-state index in [4.69, 9.17) is 4.74 Å². The van der Waals surface area contributed by atoms with Gasteiger partial charge in [0.1, 0.15) is 17.4 Å². The molecule has 0 saturated carbocycles. The molecule has 0 fully saturated rings. The zero-order chi connectivity index (χ0) is 18.4. The van der Waals surface area contributed by atoms with Gasteiger partial charge in [-0.3, -0.25) is 0 Å². The van der Waals surface area contributed by atoms with Crippen LogP contribution < -0.4 is 10.2 Å². The highest BCUT2D eigenvalue weighted by atomic mass is 32.2. The van der Waals surface area contributed by atoms with Gasteiger partial charge in [0.15, 0.2) is 0 Å². The standard InChI is InChI=1S/C19H21FN4OS/c1-3-25-18-10-6-15(7-11-18)12-21-24-14(2)22-23-19(24)26-13-16-4-8-17(20)9-5-16/h4-11,21H,3,12-13H2,1-2H3. The minimum Gasteiger partial charge on any atom is -0.494 e. The van der Waals surface area contributed by atoms with E-state index in [1.165, 1.54) is 12.1 Å². The van der Waals surface area contributed by atoms with Gasteiger partial charge in [-0.25, -0.2) is 9.07 Å². The first-order chi connectivity index (χ1) is 12.7. The number of rotatable bonds is 8. The molecule has 136 valence electrons. The number of nitrogens with zero attached hydrogens (tertiary/aromatic N) is 3. The summed E-state index contributed by atoms with van der Waals surface area (Å²) in [6.07, 6.45) is 0. The number of hydrogen-bond acceptors (Lipinski definition) is 5. The number of benzene rings is 2. The molecule has 1 heterocycles. The summed E-state index contributed by atoms with van der Waals surface area (Å²) in [6.45, 7) is 5.18. The number of nitrogens with one attached hydrogen (secondary N) is 1. The Hall–Kier alpha value is -2.54. The zero-order valence-electron chi connectivity index (χ0n) is 14.8. The predicted octanol–water partition coefficient (Wildman–Crippen LogP) is 4.16. The van der Waals surface area contributed by atoms with Gasteiger partial charge in [-0.2, -0.15) is 0 Å². The lowest BCUT2D eigenvalue weighted by molar-refractivity contribution is 0.340. The van der Waals surface area contributed by atoms with Crippen molar-refractivity contribution in [1.29, 1.82) is 0 Å². The van der Waals surface area contributed by atoms with Gasteiger partial charge in [0.25, 0.3) is 0 Å². The highest BCUT2D eigenvalue weighted by Crippen LogP contribution is 2.21. The Bertz CT molecular complexity index is 834. The predicted molar refractivity (Wildman–Crippen MR) is 101 cm³/mol. The van der Waals surface area contributed by atoms with Crippen LogP contribution >= 0.6 is 11.8 Å². The van der Waals surface area contributed by atoms with Crippen LogP contribution in [0.25, 0.3) is 0 Å². The quantitative estimate of drug-likeness (QED) is 0.602. The maximum atomic E-state index is 13.0. The van der Waals surface area contributed by atoms with Gasteiger partial charge in [0.2, 0.25) is 5.16 Å². The van der Waals surface area contributed by atoms with Crippen molar-refractivity contribution < 1.29 is 9.13 Å². The summed E-state index contributed by atoms with van der Waals surface area (Å²) >= 11 is 1.56. The summed E-state index contributed by atoms with van der Waals surface area (Å²) in [5.41, 5.74) is 5.52. The molecule has 0 aliphatic rings. The van der Waals surface area contributed by atoms with Crippen molar-refractivity contribution in [3.05, 3.63) is 71.3 Å². The van der Waals surface area contributed by atoms with Gasteiger partial charge < -0.3 is 10.2 Å². The van der Waals surface area contributed by atoms with Crippen LogP contribution in [-0.2, 0) is 12.3 Å². The monoisotopic (exact) mass is 372 g/mol. The van der Waals surface area contributed by atoms with Crippen LogP contribution in [0.4, 0.5) is 4.39 Å². The summed E-state index contributed by atoms with van der Waals surface area (Å²) < 4.78 is 20.3. The molecule has 0 unspecified atom stereocenters. The van der Waals surface area contributed by atoms with Gasteiger partial charge >= 0.3 is 0 Å². The minimum absolute atomic E-state index is 0.227. The molecule has 0 radical (unpaired) electrons. The number of aromatic nitrogens is 3. The van der Waals surface area contributed by atoms with Crippen molar-refractivity contribution in [3.8, 4) is 5.75 Å². The van der Waals surface area contributed by atoms with Crippen LogP contribution in [0.15, 0.2) is 53.7 Å². The third-order valence-corrected chi connectivity index (χ3v) is 4.75. The Labute approximate surface area is 156 Å². The SMILES string of the molecule is CCOc1ccc(CNn2c(C)nnc2SCc2ccc(F)cc2)cc1. The van der Waals surface area contributed by atoms with Crippen molar-refractivity contribution in [3.63, 3.8) is 0 Å². The van der Waals surface area contributed by atoms with E-state index in [-0.39, 0.29) is 5.82 Å². The largest absolute Gasteiger partial charge is 0.494 e. The third-order valence-electron chi connectivity index (χ3n) is 3.75. The average molecular weight is 372 g/mol. The fourth-order valence-corrected chi connectivity index (χ4v) is 3.30. The van der Waals surface area contributed by atoms with Crippen molar-refractivity contribution in [2.24, 2.45) is 0 Å². The molecular weight excluding hydrogens is 351 g/mol. The molecule has 5 nitrogen and oxygen atoms in total. The highest BCUT2D eigenvalue weighted by molar-refractivity contribution is 7.98. The van der Waals surface area contributed by atoms with E-state index in [0.29, 0.717) is 18.9 Å². The third kappa shape index (κ3) is 4.76. The first-order valence-electron chi connectivity index (χ1n) is 8.40. The van der Waals surface area contributed by atoms with E-state index in [1.54, 1.807) is 23.9 Å². The maximum Gasteiger partial charge on any atom is 0.210 e. The normalized spacial score (nSPS) is 10.7. The molecule has 0 bridgehead atoms. The Morgan fingerprint density at radius 1 is 1.04 bits per heavy atom. The van der Waals surface area contributed by atoms with Gasteiger partial charge in [-0.05, 0) is 49.2 Å². The second kappa shape index (κ2) is 8.71. The van der Waals surface area contributed by atoms with E-state index in [2.05, 4.69) is 15.6 Å². The summed E-state index contributed by atoms with van der Waals surface area (Å²) in [5, 5.41) is 9.14. The highest BCUT2D eigenvalue weighted by Gasteiger charge is 2.10. The van der Waals surface area contributed by atoms with Crippen molar-refractivity contribution >= 4 is 11.8 Å². The van der Waals surface area contributed by atoms with Crippen molar-refractivity contribution in [2.45, 2.75) is 31.3 Å². The second-order valence-electron chi connectivity index (χ2n) is 5.69. The molecule has 2 aromatic carbocycles. The fourth-order valence-electron chi connectivity index (χ4n) is 2.39. The summed E-state index contributed by atoms with van der Waals surface area (Å²) in [4.78, 5) is 0. The maximum absolute atomic E-state index is 13.0. The second-order valence-corrected chi connectivity index (χ2v) is 6.63. The number of hydrogen-bond donors (Lipinski definition) is 1. The number of thioether (sulfide) groups is 1. The van der Waals surface area contributed by atoms with Crippen LogP contribution in [-0.4, -0.2) is 21.5 Å². The number of aryl methyl sites for hydroxylation is 1. The molecular formula is C19H21FN4OS. The first kappa shape index (κ1) is 18.3. The van der Waals surface area contributed by atoms with Gasteiger partial charge in [-0.15, -0.1) is 10.2 Å². The van der Waals surface area contributed by atoms with Crippen molar-refractivity contribution in [2.75, 3.05) is 12.0 Å². The van der Waals surface area contributed by atoms with Crippen LogP contribution in [0.2, 0.25) is 0 Å². The van der Waals surface area contributed by atoms with Crippen LogP contribution in [0.1, 0.15) is 23.9 Å². The van der Waals surface area contributed by atoms with E-state index in [9.17, 15) is 4.39 Å². The molecule has 1 aromatic heterocycles. The van der Waals surface area contributed by atoms with Gasteiger partial charge in [0, 0.05) is 5.75 Å².